The third kappa shape index (κ3) is 2.44. The predicted octanol–water partition coefficient (Wildman–Crippen LogP) is 3.96. The van der Waals surface area contributed by atoms with E-state index < -0.39 is 10.9 Å². The molecule has 0 aliphatic carbocycles. The maximum atomic E-state index is 11.9. The monoisotopic (exact) mass is 311 g/mol. The number of benzene rings is 2. The van der Waals surface area contributed by atoms with Crippen molar-refractivity contribution in [3.05, 3.63) is 79.1 Å². The van der Waals surface area contributed by atoms with Gasteiger partial charge in [-0.3, -0.25) is 9.59 Å². The van der Waals surface area contributed by atoms with Crippen molar-refractivity contribution in [1.29, 1.82) is 0 Å². The van der Waals surface area contributed by atoms with Crippen molar-refractivity contribution in [3.8, 4) is 11.1 Å². The molecule has 0 amide bonds. The highest BCUT2D eigenvalue weighted by Gasteiger charge is 2.22. The average Bonchev–Trinajstić information content (AvgIpc) is 2.50. The first kappa shape index (κ1) is 14.5. The zero-order valence-corrected chi connectivity index (χ0v) is 13.0. The summed E-state index contributed by atoms with van der Waals surface area (Å²) in [6.45, 7) is 3.97. The average molecular weight is 312 g/mol. The first-order chi connectivity index (χ1) is 10.5. The van der Waals surface area contributed by atoms with E-state index in [2.05, 4.69) is 5.32 Å². The number of nitrogens with one attached hydrogen (secondary N) is 1. The Morgan fingerprint density at radius 3 is 2.23 bits per heavy atom. The van der Waals surface area contributed by atoms with E-state index in [0.717, 1.165) is 16.8 Å². The molecule has 0 fully saturated rings. The maximum absolute atomic E-state index is 11.9. The van der Waals surface area contributed by atoms with Crippen LogP contribution in [0.3, 0.4) is 0 Å². The number of anilines is 2. The normalized spacial score (nSPS) is 10.9. The zero-order chi connectivity index (χ0) is 15.9. The summed E-state index contributed by atoms with van der Waals surface area (Å²) in [4.78, 5) is 23.8. The molecule has 0 unspecified atom stereocenters. The molecule has 0 saturated carbocycles. The Morgan fingerprint density at radius 1 is 0.909 bits per heavy atom. The summed E-state index contributed by atoms with van der Waals surface area (Å²) in [7, 11) is 0. The lowest BCUT2D eigenvalue weighted by Gasteiger charge is -2.15. The molecular formula is C18H14ClNO2. The van der Waals surface area contributed by atoms with Crippen molar-refractivity contribution >= 4 is 23.0 Å². The van der Waals surface area contributed by atoms with Gasteiger partial charge < -0.3 is 5.32 Å². The molecule has 3 nitrogen and oxygen atoms in total. The van der Waals surface area contributed by atoms with Gasteiger partial charge in [-0.2, -0.15) is 0 Å². The van der Waals surface area contributed by atoms with Crippen LogP contribution in [0.15, 0.2) is 52.1 Å². The van der Waals surface area contributed by atoms with Crippen LogP contribution in [0.4, 0.5) is 11.4 Å². The fourth-order valence-electron chi connectivity index (χ4n) is 2.49. The summed E-state index contributed by atoms with van der Waals surface area (Å²) in [6.07, 6.45) is 0. The molecule has 110 valence electrons. The van der Waals surface area contributed by atoms with Gasteiger partial charge in [0.25, 0.3) is 5.43 Å². The Balaban J connectivity index is 2.02. The van der Waals surface area contributed by atoms with Crippen LogP contribution in [0, 0.1) is 13.8 Å². The molecule has 0 saturated heterocycles. The molecule has 0 bridgehead atoms. The van der Waals surface area contributed by atoms with Gasteiger partial charge in [0.1, 0.15) is 5.69 Å². The zero-order valence-electron chi connectivity index (χ0n) is 12.2. The second-order valence-corrected chi connectivity index (χ2v) is 5.79. The van der Waals surface area contributed by atoms with Crippen molar-refractivity contribution in [1.82, 2.24) is 0 Å². The van der Waals surface area contributed by atoms with Gasteiger partial charge in [0.15, 0.2) is 0 Å². The predicted molar refractivity (Wildman–Crippen MR) is 91.0 cm³/mol. The fraction of sp³-hybridized carbons (Fsp3) is 0.111. The summed E-state index contributed by atoms with van der Waals surface area (Å²) in [5.41, 5.74) is 3.51. The largest absolute Gasteiger partial charge is 0.351 e. The van der Waals surface area contributed by atoms with E-state index in [-0.39, 0.29) is 0 Å². The number of halogens is 1. The fourth-order valence-corrected chi connectivity index (χ4v) is 2.62. The molecule has 0 heterocycles. The molecule has 3 rings (SSSR count). The standard InChI is InChI=1S/C18H14ClNO2/c1-10-3-8-14(11(2)9-10)20-16-15(17(21)18(16)22)12-4-6-13(19)7-5-12/h3-9,20H,1-2H3. The molecule has 0 aromatic heterocycles. The molecular weight excluding hydrogens is 298 g/mol. The van der Waals surface area contributed by atoms with Gasteiger partial charge in [0.2, 0.25) is 5.43 Å². The maximum Gasteiger partial charge on any atom is 0.250 e. The lowest BCUT2D eigenvalue weighted by atomic mass is 9.98. The van der Waals surface area contributed by atoms with E-state index in [4.69, 9.17) is 11.6 Å². The lowest BCUT2D eigenvalue weighted by Crippen LogP contribution is -2.35. The summed E-state index contributed by atoms with van der Waals surface area (Å²) in [5.74, 6) is 0. The van der Waals surface area contributed by atoms with Crippen LogP contribution in [-0.4, -0.2) is 0 Å². The smallest absolute Gasteiger partial charge is 0.250 e. The first-order valence-electron chi connectivity index (χ1n) is 6.91. The molecule has 0 aliphatic rings. The summed E-state index contributed by atoms with van der Waals surface area (Å²) >= 11 is 5.86. The van der Waals surface area contributed by atoms with E-state index in [0.29, 0.717) is 21.8 Å². The van der Waals surface area contributed by atoms with Gasteiger partial charge in [-0.25, -0.2) is 0 Å². The van der Waals surface area contributed by atoms with Crippen molar-refractivity contribution in [2.24, 2.45) is 0 Å². The topological polar surface area (TPSA) is 46.2 Å². The number of rotatable bonds is 3. The SMILES string of the molecule is Cc1ccc(Nc2c(-c3ccc(Cl)cc3)c(=O)c2=O)c(C)c1. The first-order valence-corrected chi connectivity index (χ1v) is 7.28. The van der Waals surface area contributed by atoms with Crippen LogP contribution >= 0.6 is 11.6 Å². The van der Waals surface area contributed by atoms with Gasteiger partial charge in [-0.1, -0.05) is 41.4 Å². The Kier molecular flexibility index (Phi) is 3.59. The van der Waals surface area contributed by atoms with Crippen molar-refractivity contribution in [2.75, 3.05) is 5.32 Å². The highest BCUT2D eigenvalue weighted by molar-refractivity contribution is 6.30. The van der Waals surface area contributed by atoms with Crippen molar-refractivity contribution in [3.63, 3.8) is 0 Å². The van der Waals surface area contributed by atoms with Crippen molar-refractivity contribution < 1.29 is 0 Å². The summed E-state index contributed by atoms with van der Waals surface area (Å²) < 4.78 is 0. The summed E-state index contributed by atoms with van der Waals surface area (Å²) in [5, 5.41) is 3.68. The van der Waals surface area contributed by atoms with E-state index in [1.165, 1.54) is 0 Å². The molecule has 1 N–H and O–H groups in total. The van der Waals surface area contributed by atoms with Crippen molar-refractivity contribution in [2.45, 2.75) is 13.8 Å². The molecule has 0 atom stereocenters. The second-order valence-electron chi connectivity index (χ2n) is 5.36. The van der Waals surface area contributed by atoms with Crippen LogP contribution in [-0.2, 0) is 0 Å². The van der Waals surface area contributed by atoms with Gasteiger partial charge in [0, 0.05) is 10.7 Å². The summed E-state index contributed by atoms with van der Waals surface area (Å²) in [6, 6.07) is 12.8. The van der Waals surface area contributed by atoms with Crippen LogP contribution in [0.5, 0.6) is 0 Å². The Labute approximate surface area is 132 Å². The number of hydrogen-bond acceptors (Lipinski definition) is 3. The third-order valence-corrected chi connectivity index (χ3v) is 3.94. The Morgan fingerprint density at radius 2 is 1.59 bits per heavy atom. The van der Waals surface area contributed by atoms with Crippen LogP contribution in [0.1, 0.15) is 11.1 Å². The van der Waals surface area contributed by atoms with E-state index >= 15 is 0 Å². The van der Waals surface area contributed by atoms with E-state index in [1.54, 1.807) is 24.3 Å². The quantitative estimate of drug-likeness (QED) is 0.745. The highest BCUT2D eigenvalue weighted by atomic mass is 35.5. The molecule has 22 heavy (non-hydrogen) atoms. The number of aryl methyl sites for hydroxylation is 2. The van der Waals surface area contributed by atoms with E-state index in [9.17, 15) is 9.59 Å². The van der Waals surface area contributed by atoms with Crippen LogP contribution in [0.25, 0.3) is 11.1 Å². The third-order valence-electron chi connectivity index (χ3n) is 3.68. The van der Waals surface area contributed by atoms with Gasteiger partial charge in [0.05, 0.1) is 5.56 Å². The molecule has 0 aliphatic heterocycles. The molecule has 0 radical (unpaired) electrons. The van der Waals surface area contributed by atoms with Gasteiger partial charge in [-0.15, -0.1) is 0 Å². The minimum Gasteiger partial charge on any atom is -0.351 e. The van der Waals surface area contributed by atoms with Gasteiger partial charge >= 0.3 is 0 Å². The second kappa shape index (κ2) is 5.43. The van der Waals surface area contributed by atoms with Crippen LogP contribution in [0.2, 0.25) is 5.02 Å². The Hall–Kier alpha value is -2.39. The lowest BCUT2D eigenvalue weighted by molar-refractivity contribution is 1.33. The molecule has 3 aromatic carbocycles. The van der Waals surface area contributed by atoms with E-state index in [1.807, 2.05) is 32.0 Å². The Bertz CT molecular complexity index is 919. The minimum atomic E-state index is -0.482. The van der Waals surface area contributed by atoms with Gasteiger partial charge in [-0.05, 0) is 43.2 Å². The van der Waals surface area contributed by atoms with Crippen LogP contribution < -0.4 is 16.2 Å². The minimum absolute atomic E-state index is 0.347. The molecule has 4 heteroatoms. The molecule has 0 spiro atoms. The molecule has 3 aromatic rings. The number of hydrogen-bond donors (Lipinski definition) is 1. The highest BCUT2D eigenvalue weighted by Crippen LogP contribution is 2.28.